The van der Waals surface area contributed by atoms with Crippen molar-refractivity contribution in [2.45, 2.75) is 58.8 Å². The van der Waals surface area contributed by atoms with E-state index in [1.54, 1.807) is 12.1 Å². The fraction of sp³-hybridized carbons (Fsp3) is 0.625. The molecule has 1 heteroatoms. The molecule has 0 aromatic heterocycles. The summed E-state index contributed by atoms with van der Waals surface area (Å²) in [5, 5.41) is 9.19. The van der Waals surface area contributed by atoms with Crippen LogP contribution in [-0.4, -0.2) is 5.11 Å². The highest BCUT2D eigenvalue weighted by molar-refractivity contribution is 5.25. The standard InChI is InChI=1S/C16H26O/c1-3-4-5-7-14(2)8-6-9-15-10-12-16(17)13-11-15/h10-14,17H,3-9H2,1-2H3. The fourth-order valence-electron chi connectivity index (χ4n) is 2.20. The molecule has 1 unspecified atom stereocenters. The second-order valence-corrected chi connectivity index (χ2v) is 5.16. The molecule has 0 spiro atoms. The molecule has 0 amide bonds. The second-order valence-electron chi connectivity index (χ2n) is 5.16. The van der Waals surface area contributed by atoms with Crippen molar-refractivity contribution in [2.24, 2.45) is 5.92 Å². The molecule has 0 heterocycles. The Balaban J connectivity index is 2.12. The van der Waals surface area contributed by atoms with Gasteiger partial charge >= 0.3 is 0 Å². The van der Waals surface area contributed by atoms with Gasteiger partial charge in [0.15, 0.2) is 0 Å². The van der Waals surface area contributed by atoms with Gasteiger partial charge in [-0.05, 0) is 36.5 Å². The minimum absolute atomic E-state index is 0.363. The molecule has 96 valence electrons. The summed E-state index contributed by atoms with van der Waals surface area (Å²) in [5.41, 5.74) is 1.34. The molecule has 17 heavy (non-hydrogen) atoms. The smallest absolute Gasteiger partial charge is 0.115 e. The van der Waals surface area contributed by atoms with Gasteiger partial charge in [0.1, 0.15) is 5.75 Å². The summed E-state index contributed by atoms with van der Waals surface area (Å²) in [6, 6.07) is 7.61. The zero-order chi connectivity index (χ0) is 12.5. The molecule has 0 radical (unpaired) electrons. The third-order valence-corrected chi connectivity index (χ3v) is 3.40. The van der Waals surface area contributed by atoms with Crippen LogP contribution >= 0.6 is 0 Å². The second kappa shape index (κ2) is 8.16. The van der Waals surface area contributed by atoms with E-state index in [1.165, 1.54) is 44.1 Å². The van der Waals surface area contributed by atoms with E-state index in [0.29, 0.717) is 5.75 Å². The number of phenolic OH excluding ortho intramolecular Hbond substituents is 1. The van der Waals surface area contributed by atoms with Crippen molar-refractivity contribution < 1.29 is 5.11 Å². The first-order valence-corrected chi connectivity index (χ1v) is 7.00. The van der Waals surface area contributed by atoms with Gasteiger partial charge in [0.2, 0.25) is 0 Å². The maximum Gasteiger partial charge on any atom is 0.115 e. The Kier molecular flexibility index (Phi) is 6.76. The number of unbranched alkanes of at least 4 members (excludes halogenated alkanes) is 2. The number of aromatic hydroxyl groups is 1. The van der Waals surface area contributed by atoms with E-state index in [-0.39, 0.29) is 0 Å². The molecule has 0 saturated carbocycles. The van der Waals surface area contributed by atoms with Gasteiger partial charge in [0.05, 0.1) is 0 Å². The first kappa shape index (κ1) is 14.1. The van der Waals surface area contributed by atoms with Crippen LogP contribution in [0.1, 0.15) is 57.9 Å². The Bertz CT molecular complexity index is 289. The molecule has 0 aliphatic carbocycles. The highest BCUT2D eigenvalue weighted by Gasteiger charge is 2.02. The first-order valence-electron chi connectivity index (χ1n) is 7.00. The van der Waals surface area contributed by atoms with E-state index >= 15 is 0 Å². The molecular formula is C16H26O. The van der Waals surface area contributed by atoms with Gasteiger partial charge in [-0.3, -0.25) is 0 Å². The van der Waals surface area contributed by atoms with Crippen molar-refractivity contribution in [3.63, 3.8) is 0 Å². The predicted octanol–water partition coefficient (Wildman–Crippen LogP) is 4.93. The monoisotopic (exact) mass is 234 g/mol. The van der Waals surface area contributed by atoms with Gasteiger partial charge in [-0.2, -0.15) is 0 Å². The molecular weight excluding hydrogens is 208 g/mol. The summed E-state index contributed by atoms with van der Waals surface area (Å²) < 4.78 is 0. The lowest BCUT2D eigenvalue weighted by molar-refractivity contribution is 0.450. The number of rotatable bonds is 8. The van der Waals surface area contributed by atoms with E-state index in [9.17, 15) is 5.11 Å². The lowest BCUT2D eigenvalue weighted by atomic mass is 9.96. The van der Waals surface area contributed by atoms with Crippen molar-refractivity contribution in [3.8, 4) is 5.75 Å². The van der Waals surface area contributed by atoms with Gasteiger partial charge in [0.25, 0.3) is 0 Å². The maximum atomic E-state index is 9.19. The summed E-state index contributed by atoms with van der Waals surface area (Å²) in [6.07, 6.45) is 9.18. The van der Waals surface area contributed by atoms with Gasteiger partial charge in [-0.15, -0.1) is 0 Å². The molecule has 0 bridgehead atoms. The Morgan fingerprint density at radius 1 is 1.00 bits per heavy atom. The fourth-order valence-corrected chi connectivity index (χ4v) is 2.20. The lowest BCUT2D eigenvalue weighted by Crippen LogP contribution is -1.96. The summed E-state index contributed by atoms with van der Waals surface area (Å²) in [5.74, 6) is 1.22. The topological polar surface area (TPSA) is 20.2 Å². The van der Waals surface area contributed by atoms with Crippen LogP contribution in [0.15, 0.2) is 24.3 Å². The highest BCUT2D eigenvalue weighted by atomic mass is 16.3. The predicted molar refractivity (Wildman–Crippen MR) is 74.4 cm³/mol. The number of hydrogen-bond donors (Lipinski definition) is 1. The van der Waals surface area contributed by atoms with Crippen LogP contribution in [0.3, 0.4) is 0 Å². The van der Waals surface area contributed by atoms with Crippen molar-refractivity contribution in [1.82, 2.24) is 0 Å². The van der Waals surface area contributed by atoms with E-state index in [4.69, 9.17) is 0 Å². The molecule has 0 aliphatic heterocycles. The SMILES string of the molecule is CCCCCC(C)CCCc1ccc(O)cc1. The van der Waals surface area contributed by atoms with Crippen molar-refractivity contribution in [3.05, 3.63) is 29.8 Å². The Labute approximate surface area is 106 Å². The van der Waals surface area contributed by atoms with Crippen LogP contribution in [0.2, 0.25) is 0 Å². The van der Waals surface area contributed by atoms with E-state index < -0.39 is 0 Å². The third-order valence-electron chi connectivity index (χ3n) is 3.40. The average molecular weight is 234 g/mol. The molecule has 0 fully saturated rings. The van der Waals surface area contributed by atoms with Gasteiger partial charge in [-0.1, -0.05) is 58.1 Å². The molecule has 1 nitrogen and oxygen atoms in total. The van der Waals surface area contributed by atoms with Crippen LogP contribution in [0.25, 0.3) is 0 Å². The Hall–Kier alpha value is -0.980. The molecule has 0 saturated heterocycles. The van der Waals surface area contributed by atoms with E-state index in [0.717, 1.165) is 12.3 Å². The van der Waals surface area contributed by atoms with Gasteiger partial charge in [-0.25, -0.2) is 0 Å². The minimum Gasteiger partial charge on any atom is -0.508 e. The molecule has 1 N–H and O–H groups in total. The van der Waals surface area contributed by atoms with Crippen molar-refractivity contribution in [2.75, 3.05) is 0 Å². The van der Waals surface area contributed by atoms with E-state index in [1.807, 2.05) is 12.1 Å². The van der Waals surface area contributed by atoms with E-state index in [2.05, 4.69) is 13.8 Å². The Morgan fingerprint density at radius 2 is 1.65 bits per heavy atom. The van der Waals surface area contributed by atoms with Gasteiger partial charge in [0, 0.05) is 0 Å². The van der Waals surface area contributed by atoms with Gasteiger partial charge < -0.3 is 5.11 Å². The maximum absolute atomic E-state index is 9.19. The molecule has 1 atom stereocenters. The normalized spacial score (nSPS) is 12.6. The molecule has 1 aromatic rings. The zero-order valence-corrected chi connectivity index (χ0v) is 11.3. The highest BCUT2D eigenvalue weighted by Crippen LogP contribution is 2.17. The van der Waals surface area contributed by atoms with Crippen molar-refractivity contribution in [1.29, 1.82) is 0 Å². The van der Waals surface area contributed by atoms with Crippen LogP contribution in [-0.2, 0) is 6.42 Å². The summed E-state index contributed by atoms with van der Waals surface area (Å²) in [7, 11) is 0. The molecule has 1 aromatic carbocycles. The van der Waals surface area contributed by atoms with Crippen molar-refractivity contribution >= 4 is 0 Å². The largest absolute Gasteiger partial charge is 0.508 e. The summed E-state index contributed by atoms with van der Waals surface area (Å²) in [4.78, 5) is 0. The van der Waals surface area contributed by atoms with Crippen LogP contribution in [0.5, 0.6) is 5.75 Å². The number of phenols is 1. The summed E-state index contributed by atoms with van der Waals surface area (Å²) in [6.45, 7) is 4.63. The third kappa shape index (κ3) is 6.35. The van der Waals surface area contributed by atoms with Crippen LogP contribution in [0.4, 0.5) is 0 Å². The van der Waals surface area contributed by atoms with Crippen LogP contribution in [0, 0.1) is 5.92 Å². The quantitative estimate of drug-likeness (QED) is 0.632. The average Bonchev–Trinajstić information content (AvgIpc) is 2.32. The molecule has 0 aliphatic rings. The number of benzene rings is 1. The Morgan fingerprint density at radius 3 is 2.29 bits per heavy atom. The molecule has 1 rings (SSSR count). The minimum atomic E-state index is 0.363. The first-order chi connectivity index (χ1) is 8.22. The summed E-state index contributed by atoms with van der Waals surface area (Å²) >= 11 is 0. The van der Waals surface area contributed by atoms with Crippen LogP contribution < -0.4 is 0 Å². The number of hydrogen-bond acceptors (Lipinski definition) is 1. The lowest BCUT2D eigenvalue weighted by Gasteiger charge is -2.10. The number of aryl methyl sites for hydroxylation is 1. The zero-order valence-electron chi connectivity index (χ0n) is 11.3.